The van der Waals surface area contributed by atoms with Crippen LogP contribution in [0.5, 0.6) is 0 Å². The van der Waals surface area contributed by atoms with E-state index in [9.17, 15) is 15.0 Å². The molecule has 19 heavy (non-hydrogen) atoms. The molecule has 6 nitrogen and oxygen atoms in total. The summed E-state index contributed by atoms with van der Waals surface area (Å²) < 4.78 is 0.921. The normalized spacial score (nSPS) is 14.3. The number of aliphatic hydroxyl groups is 2. The van der Waals surface area contributed by atoms with Crippen molar-refractivity contribution in [2.75, 3.05) is 12.3 Å². The third-order valence-electron chi connectivity index (χ3n) is 2.69. The van der Waals surface area contributed by atoms with Gasteiger partial charge < -0.3 is 21.3 Å². The zero-order chi connectivity index (χ0) is 14.0. The molecule has 0 bridgehead atoms. The average Bonchev–Trinajstić information content (AvgIpc) is 2.73. The lowest BCUT2D eigenvalue weighted by molar-refractivity contribution is -0.119. The highest BCUT2D eigenvalue weighted by molar-refractivity contribution is 7.22. The van der Waals surface area contributed by atoms with E-state index in [0.717, 1.165) is 4.70 Å². The molecule has 0 fully saturated rings. The number of benzene rings is 1. The second-order valence-corrected chi connectivity index (χ2v) is 5.29. The number of carbonyl (C=O) groups is 1. The van der Waals surface area contributed by atoms with Gasteiger partial charge in [-0.1, -0.05) is 17.4 Å². The molecular formula is C12H15N3O3S. The fourth-order valence-corrected chi connectivity index (χ4v) is 2.44. The SMILES string of the molecule is CC(=O)NCC(O)C(O)c1ccc2sc(N)nc2c1. The van der Waals surface area contributed by atoms with Gasteiger partial charge in [-0.15, -0.1) is 0 Å². The standard InChI is InChI=1S/C12H15N3O3S/c1-6(16)14-5-9(17)11(18)7-2-3-10-8(4-7)15-12(13)19-10/h2-4,9,11,17-18H,5H2,1H3,(H2,13,15)(H,14,16). The van der Waals surface area contributed by atoms with Crippen LogP contribution >= 0.6 is 11.3 Å². The van der Waals surface area contributed by atoms with Crippen molar-refractivity contribution in [1.29, 1.82) is 0 Å². The van der Waals surface area contributed by atoms with Crippen LogP contribution in [-0.2, 0) is 4.79 Å². The number of rotatable bonds is 4. The molecule has 2 aromatic rings. The van der Waals surface area contributed by atoms with Crippen LogP contribution in [0.25, 0.3) is 10.2 Å². The number of fused-ring (bicyclic) bond motifs is 1. The van der Waals surface area contributed by atoms with E-state index in [1.807, 2.05) is 0 Å². The first-order chi connectivity index (χ1) is 8.97. The molecule has 1 heterocycles. The van der Waals surface area contributed by atoms with Crippen molar-refractivity contribution in [2.45, 2.75) is 19.1 Å². The molecule has 0 aliphatic rings. The van der Waals surface area contributed by atoms with Crippen LogP contribution in [0.3, 0.4) is 0 Å². The second kappa shape index (κ2) is 5.52. The van der Waals surface area contributed by atoms with E-state index in [1.165, 1.54) is 18.3 Å². The molecule has 2 atom stereocenters. The fourth-order valence-electron chi connectivity index (χ4n) is 1.73. The lowest BCUT2D eigenvalue weighted by Gasteiger charge is -2.18. The largest absolute Gasteiger partial charge is 0.388 e. The van der Waals surface area contributed by atoms with Gasteiger partial charge in [0.2, 0.25) is 5.91 Å². The van der Waals surface area contributed by atoms with Crippen LogP contribution < -0.4 is 11.1 Å². The number of aromatic nitrogens is 1. The summed E-state index contributed by atoms with van der Waals surface area (Å²) in [6.07, 6.45) is -2.16. The van der Waals surface area contributed by atoms with E-state index in [-0.39, 0.29) is 12.5 Å². The summed E-state index contributed by atoms with van der Waals surface area (Å²) in [6, 6.07) is 5.19. The Labute approximate surface area is 113 Å². The molecule has 5 N–H and O–H groups in total. The van der Waals surface area contributed by atoms with Gasteiger partial charge in [0.15, 0.2) is 5.13 Å². The molecule has 0 aliphatic carbocycles. The maximum atomic E-state index is 10.8. The predicted molar refractivity (Wildman–Crippen MR) is 73.7 cm³/mol. The molecule has 0 radical (unpaired) electrons. The highest BCUT2D eigenvalue weighted by atomic mass is 32.1. The van der Waals surface area contributed by atoms with E-state index < -0.39 is 12.2 Å². The van der Waals surface area contributed by atoms with Crippen LogP contribution in [0.2, 0.25) is 0 Å². The van der Waals surface area contributed by atoms with Crippen molar-refractivity contribution in [2.24, 2.45) is 0 Å². The number of nitrogens with two attached hydrogens (primary N) is 1. The summed E-state index contributed by atoms with van der Waals surface area (Å²) in [5.74, 6) is -0.256. The number of hydrogen-bond acceptors (Lipinski definition) is 6. The minimum atomic E-state index is -1.08. The lowest BCUT2D eigenvalue weighted by atomic mass is 10.0. The highest BCUT2D eigenvalue weighted by Gasteiger charge is 2.19. The summed E-state index contributed by atoms with van der Waals surface area (Å²) >= 11 is 1.36. The van der Waals surface area contributed by atoms with Gasteiger partial charge in [-0.05, 0) is 17.7 Å². The third kappa shape index (κ3) is 3.19. The molecule has 2 unspecified atom stereocenters. The van der Waals surface area contributed by atoms with Gasteiger partial charge in [0.1, 0.15) is 12.2 Å². The van der Waals surface area contributed by atoms with Gasteiger partial charge in [-0.25, -0.2) is 4.98 Å². The number of nitrogens with one attached hydrogen (secondary N) is 1. The fraction of sp³-hybridized carbons (Fsp3) is 0.333. The van der Waals surface area contributed by atoms with Gasteiger partial charge in [-0.2, -0.15) is 0 Å². The molecular weight excluding hydrogens is 266 g/mol. The molecule has 0 saturated carbocycles. The lowest BCUT2D eigenvalue weighted by Crippen LogP contribution is -2.34. The van der Waals surface area contributed by atoms with Crippen LogP contribution in [0.15, 0.2) is 18.2 Å². The van der Waals surface area contributed by atoms with E-state index >= 15 is 0 Å². The van der Waals surface area contributed by atoms with Crippen LogP contribution in [-0.4, -0.2) is 33.8 Å². The summed E-state index contributed by atoms with van der Waals surface area (Å²) in [4.78, 5) is 14.9. The van der Waals surface area contributed by atoms with Crippen molar-refractivity contribution < 1.29 is 15.0 Å². The number of carbonyl (C=O) groups excluding carboxylic acids is 1. The Morgan fingerprint density at radius 1 is 1.53 bits per heavy atom. The Morgan fingerprint density at radius 3 is 2.95 bits per heavy atom. The van der Waals surface area contributed by atoms with Crippen LogP contribution in [0.4, 0.5) is 5.13 Å². The maximum Gasteiger partial charge on any atom is 0.216 e. The molecule has 1 amide bonds. The highest BCUT2D eigenvalue weighted by Crippen LogP contribution is 2.27. The predicted octanol–water partition coefficient (Wildman–Crippen LogP) is 0.409. The Hall–Kier alpha value is -1.70. The van der Waals surface area contributed by atoms with Gasteiger partial charge >= 0.3 is 0 Å². The zero-order valence-corrected chi connectivity index (χ0v) is 11.1. The van der Waals surface area contributed by atoms with Crippen LogP contribution in [0.1, 0.15) is 18.6 Å². The van der Waals surface area contributed by atoms with E-state index in [1.54, 1.807) is 18.2 Å². The minimum absolute atomic E-state index is 0.00621. The van der Waals surface area contributed by atoms with E-state index in [4.69, 9.17) is 5.73 Å². The van der Waals surface area contributed by atoms with Crippen molar-refractivity contribution in [3.63, 3.8) is 0 Å². The second-order valence-electron chi connectivity index (χ2n) is 4.23. The Kier molecular flexibility index (Phi) is 3.98. The van der Waals surface area contributed by atoms with E-state index in [2.05, 4.69) is 10.3 Å². The van der Waals surface area contributed by atoms with Crippen molar-refractivity contribution in [3.8, 4) is 0 Å². The van der Waals surface area contributed by atoms with Gasteiger partial charge in [0, 0.05) is 13.5 Å². The summed E-state index contributed by atoms with van der Waals surface area (Å²) in [5.41, 5.74) is 6.83. The molecule has 0 saturated heterocycles. The number of anilines is 1. The first kappa shape index (κ1) is 13.7. The number of nitrogen functional groups attached to an aromatic ring is 1. The van der Waals surface area contributed by atoms with Gasteiger partial charge in [0.05, 0.1) is 10.2 Å². The third-order valence-corrected chi connectivity index (χ3v) is 3.56. The monoisotopic (exact) mass is 281 g/mol. The molecule has 0 aliphatic heterocycles. The molecule has 102 valence electrons. The summed E-state index contributed by atoms with van der Waals surface area (Å²) in [6.45, 7) is 1.34. The van der Waals surface area contributed by atoms with Crippen LogP contribution in [0, 0.1) is 0 Å². The number of amides is 1. The minimum Gasteiger partial charge on any atom is -0.388 e. The first-order valence-electron chi connectivity index (χ1n) is 5.74. The Morgan fingerprint density at radius 2 is 2.26 bits per heavy atom. The molecule has 1 aromatic carbocycles. The Bertz CT molecular complexity index is 599. The molecule has 0 spiro atoms. The molecule has 7 heteroatoms. The summed E-state index contributed by atoms with van der Waals surface area (Å²) in [7, 11) is 0. The Balaban J connectivity index is 2.15. The first-order valence-corrected chi connectivity index (χ1v) is 6.55. The molecule has 2 rings (SSSR count). The number of aliphatic hydroxyl groups excluding tert-OH is 2. The molecule has 1 aromatic heterocycles. The van der Waals surface area contributed by atoms with Crippen molar-refractivity contribution in [3.05, 3.63) is 23.8 Å². The maximum absolute atomic E-state index is 10.8. The van der Waals surface area contributed by atoms with E-state index in [0.29, 0.717) is 16.2 Å². The van der Waals surface area contributed by atoms with Crippen molar-refractivity contribution in [1.82, 2.24) is 10.3 Å². The average molecular weight is 281 g/mol. The smallest absolute Gasteiger partial charge is 0.216 e. The topological polar surface area (TPSA) is 108 Å². The quantitative estimate of drug-likeness (QED) is 0.649. The number of nitrogens with zero attached hydrogens (tertiary/aromatic N) is 1. The summed E-state index contributed by atoms with van der Waals surface area (Å²) in [5, 5.41) is 22.7. The van der Waals surface area contributed by atoms with Crippen molar-refractivity contribution >= 4 is 32.6 Å². The number of thiazole rings is 1. The number of hydrogen-bond donors (Lipinski definition) is 4. The van der Waals surface area contributed by atoms with Gasteiger partial charge in [-0.3, -0.25) is 4.79 Å². The van der Waals surface area contributed by atoms with Gasteiger partial charge in [0.25, 0.3) is 0 Å². The zero-order valence-electron chi connectivity index (χ0n) is 10.3.